The summed E-state index contributed by atoms with van der Waals surface area (Å²) in [7, 11) is 0. The number of fused-ring (bicyclic) bond motifs is 3. The number of aryl methyl sites for hydroxylation is 1. The zero-order chi connectivity index (χ0) is 21.5. The van der Waals surface area contributed by atoms with E-state index in [-0.39, 0.29) is 18.0 Å². The van der Waals surface area contributed by atoms with Crippen LogP contribution < -0.4 is 10.5 Å². The third-order valence-corrected chi connectivity index (χ3v) is 6.16. The molecule has 1 aliphatic heterocycles. The van der Waals surface area contributed by atoms with Crippen molar-refractivity contribution in [2.45, 2.75) is 13.5 Å². The minimum absolute atomic E-state index is 0.0205. The van der Waals surface area contributed by atoms with E-state index in [1.807, 2.05) is 42.5 Å². The number of H-pyrrole nitrogens is 1. The van der Waals surface area contributed by atoms with Crippen LogP contribution in [0.3, 0.4) is 0 Å². The first-order chi connectivity index (χ1) is 15.0. The highest BCUT2D eigenvalue weighted by Crippen LogP contribution is 2.25. The van der Waals surface area contributed by atoms with Gasteiger partial charge in [0.05, 0.1) is 6.33 Å². The molecule has 2 aromatic heterocycles. The zero-order valence-electron chi connectivity index (χ0n) is 17.1. The second-order valence-corrected chi connectivity index (χ2v) is 8.31. The molecule has 31 heavy (non-hydrogen) atoms. The van der Waals surface area contributed by atoms with Gasteiger partial charge < -0.3 is 14.8 Å². The summed E-state index contributed by atoms with van der Waals surface area (Å²) in [6.07, 6.45) is 1.47. The van der Waals surface area contributed by atoms with Crippen LogP contribution in [0.2, 0.25) is 5.02 Å². The van der Waals surface area contributed by atoms with Gasteiger partial charge in [0.2, 0.25) is 5.91 Å². The number of amides is 1. The highest BCUT2D eigenvalue weighted by molar-refractivity contribution is 6.30. The fourth-order valence-electron chi connectivity index (χ4n) is 4.22. The van der Waals surface area contributed by atoms with E-state index in [0.717, 1.165) is 35.2 Å². The van der Waals surface area contributed by atoms with Gasteiger partial charge in [-0.05, 0) is 30.7 Å². The van der Waals surface area contributed by atoms with Crippen molar-refractivity contribution in [3.8, 4) is 0 Å². The number of hydrogen-bond donors (Lipinski definition) is 1. The van der Waals surface area contributed by atoms with Crippen molar-refractivity contribution in [3.05, 3.63) is 69.7 Å². The van der Waals surface area contributed by atoms with Crippen LogP contribution in [0.5, 0.6) is 0 Å². The summed E-state index contributed by atoms with van der Waals surface area (Å²) < 4.78 is 1.38. The number of para-hydroxylation sites is 1. The maximum Gasteiger partial charge on any atom is 0.278 e. The van der Waals surface area contributed by atoms with Gasteiger partial charge in [0.15, 0.2) is 0 Å². The van der Waals surface area contributed by atoms with Crippen molar-refractivity contribution in [3.63, 3.8) is 0 Å². The van der Waals surface area contributed by atoms with Crippen LogP contribution in [0.1, 0.15) is 5.56 Å². The van der Waals surface area contributed by atoms with Gasteiger partial charge in [-0.1, -0.05) is 35.9 Å². The molecule has 2 aromatic carbocycles. The lowest BCUT2D eigenvalue weighted by atomic mass is 10.1. The topological polar surface area (TPSA) is 74.2 Å². The Morgan fingerprint density at radius 3 is 2.71 bits per heavy atom. The number of aromatic amines is 1. The normalized spacial score (nSPS) is 14.5. The summed E-state index contributed by atoms with van der Waals surface area (Å²) >= 11 is 6.16. The highest BCUT2D eigenvalue weighted by Gasteiger charge is 2.23. The van der Waals surface area contributed by atoms with E-state index in [0.29, 0.717) is 29.1 Å². The number of benzene rings is 2. The molecule has 5 rings (SSSR count). The molecule has 3 heterocycles. The number of nitrogens with one attached hydrogen (secondary N) is 1. The lowest BCUT2D eigenvalue weighted by Gasteiger charge is -2.37. The summed E-state index contributed by atoms with van der Waals surface area (Å²) in [5.41, 5.74) is 3.95. The third-order valence-electron chi connectivity index (χ3n) is 5.93. The van der Waals surface area contributed by atoms with Gasteiger partial charge >= 0.3 is 0 Å². The molecule has 0 aliphatic carbocycles. The highest BCUT2D eigenvalue weighted by atomic mass is 35.5. The number of carbonyl (C=O) groups excluding carboxylic acids is 1. The van der Waals surface area contributed by atoms with Gasteiger partial charge in [0.25, 0.3) is 5.56 Å². The van der Waals surface area contributed by atoms with E-state index in [9.17, 15) is 9.59 Å². The molecule has 4 aromatic rings. The van der Waals surface area contributed by atoms with Gasteiger partial charge in [-0.15, -0.1) is 0 Å². The van der Waals surface area contributed by atoms with Gasteiger partial charge in [-0.2, -0.15) is 0 Å². The minimum Gasteiger partial charge on any atom is -0.368 e. The van der Waals surface area contributed by atoms with E-state index < -0.39 is 0 Å². The predicted molar refractivity (Wildman–Crippen MR) is 123 cm³/mol. The van der Waals surface area contributed by atoms with Gasteiger partial charge in [0, 0.05) is 47.8 Å². The Morgan fingerprint density at radius 2 is 1.90 bits per heavy atom. The number of piperazine rings is 1. The molecule has 0 atom stereocenters. The number of carbonyl (C=O) groups is 1. The molecule has 1 aliphatic rings. The van der Waals surface area contributed by atoms with E-state index in [2.05, 4.69) is 21.8 Å². The minimum atomic E-state index is -0.234. The average molecular weight is 436 g/mol. The Hall–Kier alpha value is -3.32. The van der Waals surface area contributed by atoms with Crippen LogP contribution in [0.15, 0.2) is 53.6 Å². The summed E-state index contributed by atoms with van der Waals surface area (Å²) in [4.78, 5) is 37.4. The van der Waals surface area contributed by atoms with Crippen LogP contribution in [0.4, 0.5) is 5.69 Å². The van der Waals surface area contributed by atoms with E-state index in [1.54, 1.807) is 4.90 Å². The van der Waals surface area contributed by atoms with Gasteiger partial charge in [0.1, 0.15) is 17.6 Å². The number of hydrogen-bond acceptors (Lipinski definition) is 4. The molecule has 158 valence electrons. The second kappa shape index (κ2) is 7.74. The third kappa shape index (κ3) is 3.55. The predicted octanol–water partition coefficient (Wildman–Crippen LogP) is 3.19. The quantitative estimate of drug-likeness (QED) is 0.536. The van der Waals surface area contributed by atoms with Gasteiger partial charge in [-0.25, -0.2) is 4.98 Å². The summed E-state index contributed by atoms with van der Waals surface area (Å²) in [5, 5.41) is 1.61. The first kappa shape index (κ1) is 19.6. The van der Waals surface area contributed by atoms with Crippen molar-refractivity contribution in [2.24, 2.45) is 0 Å². The first-order valence-electron chi connectivity index (χ1n) is 10.3. The summed E-state index contributed by atoms with van der Waals surface area (Å²) in [6, 6.07) is 13.5. The Labute approximate surface area is 183 Å². The monoisotopic (exact) mass is 435 g/mol. The zero-order valence-corrected chi connectivity index (χ0v) is 17.9. The molecule has 8 heteroatoms. The molecular weight excluding hydrogens is 414 g/mol. The van der Waals surface area contributed by atoms with Crippen LogP contribution in [-0.2, 0) is 11.3 Å². The molecular formula is C23H22ClN5O2. The molecule has 1 saturated heterocycles. The number of rotatable bonds is 3. The van der Waals surface area contributed by atoms with Crippen molar-refractivity contribution >= 4 is 45.1 Å². The first-order valence-corrected chi connectivity index (χ1v) is 10.6. The second-order valence-electron chi connectivity index (χ2n) is 7.87. The van der Waals surface area contributed by atoms with Crippen LogP contribution in [-0.4, -0.2) is 51.5 Å². The Balaban J connectivity index is 1.31. The largest absolute Gasteiger partial charge is 0.368 e. The number of anilines is 1. The molecule has 0 saturated carbocycles. The molecule has 0 spiro atoms. The summed E-state index contributed by atoms with van der Waals surface area (Å²) in [5.74, 6) is -0.0816. The number of aromatic nitrogens is 3. The number of nitrogens with zero attached hydrogens (tertiary/aromatic N) is 4. The summed E-state index contributed by atoms with van der Waals surface area (Å²) in [6.45, 7) is 4.68. The average Bonchev–Trinajstić information content (AvgIpc) is 3.17. The van der Waals surface area contributed by atoms with Crippen LogP contribution in [0.25, 0.3) is 21.9 Å². The SMILES string of the molecule is Cc1ccc(Cl)cc1N1CCN(C(=O)Cn2cnc3c([nH]c4ccccc43)c2=O)CC1. The molecule has 0 unspecified atom stereocenters. The van der Waals surface area contributed by atoms with E-state index in [1.165, 1.54) is 10.9 Å². The standard InChI is InChI=1S/C23H22ClN5O2/c1-15-6-7-16(24)12-19(15)27-8-10-28(11-9-27)20(30)13-29-14-25-21-17-4-2-3-5-18(17)26-22(21)23(29)31/h2-7,12,14,26H,8-11,13H2,1H3. The van der Waals surface area contributed by atoms with Crippen molar-refractivity contribution < 1.29 is 4.79 Å². The molecule has 1 amide bonds. The maximum absolute atomic E-state index is 12.9. The van der Waals surface area contributed by atoms with E-state index >= 15 is 0 Å². The molecule has 7 nitrogen and oxygen atoms in total. The Kier molecular flexibility index (Phi) is 4.90. The number of halogens is 1. The van der Waals surface area contributed by atoms with Gasteiger partial charge in [-0.3, -0.25) is 14.2 Å². The Bertz CT molecular complexity index is 1350. The lowest BCUT2D eigenvalue weighted by Crippen LogP contribution is -2.50. The van der Waals surface area contributed by atoms with Crippen molar-refractivity contribution in [1.29, 1.82) is 0 Å². The molecule has 0 bridgehead atoms. The fourth-order valence-corrected chi connectivity index (χ4v) is 4.38. The van der Waals surface area contributed by atoms with Crippen LogP contribution in [0, 0.1) is 6.92 Å². The van der Waals surface area contributed by atoms with Crippen molar-refractivity contribution in [1.82, 2.24) is 19.4 Å². The maximum atomic E-state index is 12.9. The molecule has 1 fully saturated rings. The van der Waals surface area contributed by atoms with E-state index in [4.69, 9.17) is 11.6 Å². The lowest BCUT2D eigenvalue weighted by molar-refractivity contribution is -0.132. The molecule has 1 N–H and O–H groups in total. The smallest absolute Gasteiger partial charge is 0.278 e. The fraction of sp³-hybridized carbons (Fsp3) is 0.261. The Morgan fingerprint density at radius 1 is 1.13 bits per heavy atom. The van der Waals surface area contributed by atoms with Crippen molar-refractivity contribution in [2.75, 3.05) is 31.1 Å². The molecule has 0 radical (unpaired) electrons. The van der Waals surface area contributed by atoms with Crippen LogP contribution >= 0.6 is 11.6 Å².